The first kappa shape index (κ1) is 13.8. The first-order valence-electron chi connectivity index (χ1n) is 6.16. The minimum Gasteiger partial charge on any atom is -0.497 e. The predicted molar refractivity (Wildman–Crippen MR) is 77.6 cm³/mol. The van der Waals surface area contributed by atoms with Crippen molar-refractivity contribution in [2.45, 2.75) is 18.9 Å². The molecule has 1 heterocycles. The van der Waals surface area contributed by atoms with Gasteiger partial charge in [-0.25, -0.2) is 0 Å². The molecule has 0 amide bonds. The highest BCUT2D eigenvalue weighted by atomic mass is 35.5. The van der Waals surface area contributed by atoms with Crippen molar-refractivity contribution in [3.8, 4) is 5.75 Å². The van der Waals surface area contributed by atoms with Gasteiger partial charge in [0.1, 0.15) is 5.75 Å². The fourth-order valence-corrected chi connectivity index (χ4v) is 2.22. The Bertz CT molecular complexity index is 545. The molecule has 2 aromatic rings. The van der Waals surface area contributed by atoms with Gasteiger partial charge >= 0.3 is 0 Å². The number of nitrogens with zero attached hydrogens (tertiary/aromatic N) is 1. The van der Waals surface area contributed by atoms with Crippen molar-refractivity contribution in [1.82, 2.24) is 4.98 Å². The number of ether oxygens (including phenoxy) is 1. The van der Waals surface area contributed by atoms with Gasteiger partial charge in [0.25, 0.3) is 0 Å². The summed E-state index contributed by atoms with van der Waals surface area (Å²) in [5.41, 5.74) is 8.38. The normalized spacial score (nSPS) is 12.2. The largest absolute Gasteiger partial charge is 0.497 e. The lowest BCUT2D eigenvalue weighted by Crippen LogP contribution is -2.25. The lowest BCUT2D eigenvalue weighted by molar-refractivity contribution is 0.414. The van der Waals surface area contributed by atoms with Crippen molar-refractivity contribution < 1.29 is 4.74 Å². The smallest absolute Gasteiger partial charge is 0.119 e. The van der Waals surface area contributed by atoms with Crippen LogP contribution in [0.15, 0.2) is 42.7 Å². The molecule has 2 N–H and O–H groups in total. The van der Waals surface area contributed by atoms with Crippen molar-refractivity contribution in [3.05, 3.63) is 58.9 Å². The van der Waals surface area contributed by atoms with Gasteiger partial charge in [-0.1, -0.05) is 23.7 Å². The molecule has 100 valence electrons. The van der Waals surface area contributed by atoms with E-state index in [1.165, 1.54) is 0 Å². The molecule has 0 aliphatic rings. The van der Waals surface area contributed by atoms with Gasteiger partial charge in [-0.3, -0.25) is 4.98 Å². The van der Waals surface area contributed by atoms with Crippen LogP contribution >= 0.6 is 11.6 Å². The summed E-state index contributed by atoms with van der Waals surface area (Å²) in [4.78, 5) is 3.97. The second-order valence-corrected chi connectivity index (χ2v) is 4.89. The van der Waals surface area contributed by atoms with Crippen molar-refractivity contribution >= 4 is 11.6 Å². The Hall–Kier alpha value is -1.58. The number of aromatic nitrogens is 1. The summed E-state index contributed by atoms with van der Waals surface area (Å²) in [6.45, 7) is 0. The van der Waals surface area contributed by atoms with E-state index in [1.807, 2.05) is 24.3 Å². The zero-order chi connectivity index (χ0) is 13.7. The molecule has 3 nitrogen and oxygen atoms in total. The number of methoxy groups -OCH3 is 1. The van der Waals surface area contributed by atoms with Gasteiger partial charge in [-0.05, 0) is 42.2 Å². The van der Waals surface area contributed by atoms with Gasteiger partial charge in [0.15, 0.2) is 0 Å². The third-order valence-electron chi connectivity index (χ3n) is 2.97. The highest BCUT2D eigenvalue weighted by Gasteiger charge is 2.08. The van der Waals surface area contributed by atoms with E-state index in [2.05, 4.69) is 11.1 Å². The Morgan fingerprint density at radius 2 is 2.16 bits per heavy atom. The number of nitrogens with two attached hydrogens (primary N) is 1. The van der Waals surface area contributed by atoms with Crippen LogP contribution in [0.1, 0.15) is 11.1 Å². The van der Waals surface area contributed by atoms with Crippen LogP contribution in [-0.2, 0) is 12.8 Å². The van der Waals surface area contributed by atoms with Crippen LogP contribution in [0.2, 0.25) is 5.02 Å². The molecule has 1 aromatic heterocycles. The molecule has 0 aliphatic heterocycles. The maximum atomic E-state index is 6.18. The summed E-state index contributed by atoms with van der Waals surface area (Å²) < 4.78 is 5.20. The topological polar surface area (TPSA) is 48.1 Å². The van der Waals surface area contributed by atoms with Gasteiger partial charge in [0, 0.05) is 18.4 Å². The van der Waals surface area contributed by atoms with Crippen molar-refractivity contribution in [3.63, 3.8) is 0 Å². The number of hydrogen-bond donors (Lipinski definition) is 1. The maximum Gasteiger partial charge on any atom is 0.119 e. The average Bonchev–Trinajstić information content (AvgIpc) is 2.41. The van der Waals surface area contributed by atoms with E-state index in [-0.39, 0.29) is 6.04 Å². The average molecular weight is 277 g/mol. The van der Waals surface area contributed by atoms with Gasteiger partial charge in [0.2, 0.25) is 0 Å². The summed E-state index contributed by atoms with van der Waals surface area (Å²) in [7, 11) is 1.66. The molecule has 0 bridgehead atoms. The van der Waals surface area contributed by atoms with Crippen LogP contribution in [0.5, 0.6) is 5.75 Å². The predicted octanol–water partition coefficient (Wildman–Crippen LogP) is 2.86. The van der Waals surface area contributed by atoms with Crippen LogP contribution in [0.4, 0.5) is 0 Å². The number of hydrogen-bond acceptors (Lipinski definition) is 3. The van der Waals surface area contributed by atoms with E-state index < -0.39 is 0 Å². The molecule has 0 saturated carbocycles. The molecule has 0 aliphatic carbocycles. The van der Waals surface area contributed by atoms with Crippen LogP contribution < -0.4 is 10.5 Å². The van der Waals surface area contributed by atoms with E-state index in [4.69, 9.17) is 22.1 Å². The van der Waals surface area contributed by atoms with Crippen LogP contribution in [-0.4, -0.2) is 18.1 Å². The van der Waals surface area contributed by atoms with Crippen molar-refractivity contribution in [2.75, 3.05) is 7.11 Å². The molecule has 2 rings (SSSR count). The van der Waals surface area contributed by atoms with Gasteiger partial charge in [-0.15, -0.1) is 0 Å². The van der Waals surface area contributed by atoms with Crippen LogP contribution in [0.25, 0.3) is 0 Å². The maximum absolute atomic E-state index is 6.18. The summed E-state index contributed by atoms with van der Waals surface area (Å²) in [6, 6.07) is 9.89. The summed E-state index contributed by atoms with van der Waals surface area (Å²) in [6.07, 6.45) is 4.91. The zero-order valence-electron chi connectivity index (χ0n) is 10.8. The summed E-state index contributed by atoms with van der Waals surface area (Å²) in [5, 5.41) is 0.670. The first-order chi connectivity index (χ1) is 9.19. The Morgan fingerprint density at radius 3 is 2.89 bits per heavy atom. The lowest BCUT2D eigenvalue weighted by Gasteiger charge is -2.13. The molecule has 1 aromatic carbocycles. The van der Waals surface area contributed by atoms with E-state index in [0.29, 0.717) is 5.02 Å². The van der Waals surface area contributed by atoms with Gasteiger partial charge in [0.05, 0.1) is 12.1 Å². The fraction of sp³-hybridized carbons (Fsp3) is 0.267. The van der Waals surface area contributed by atoms with Crippen molar-refractivity contribution in [1.29, 1.82) is 0 Å². The van der Waals surface area contributed by atoms with E-state index in [9.17, 15) is 0 Å². The Morgan fingerprint density at radius 1 is 1.32 bits per heavy atom. The Kier molecular flexibility index (Phi) is 4.77. The third kappa shape index (κ3) is 3.94. The van der Waals surface area contributed by atoms with Gasteiger partial charge < -0.3 is 10.5 Å². The van der Waals surface area contributed by atoms with E-state index in [0.717, 1.165) is 29.7 Å². The molecular weight excluding hydrogens is 260 g/mol. The SMILES string of the molecule is COc1cccc(CC(N)Cc2ccncc2Cl)c1. The molecular formula is C15H17ClN2O. The Balaban J connectivity index is 2.01. The zero-order valence-corrected chi connectivity index (χ0v) is 11.6. The number of benzene rings is 1. The quantitative estimate of drug-likeness (QED) is 0.913. The standard InChI is InChI=1S/C15H17ClN2O/c1-19-14-4-2-3-11(8-14)7-13(17)9-12-5-6-18-10-15(12)16/h2-6,8,10,13H,7,9,17H2,1H3. The minimum absolute atomic E-state index is 0.0204. The molecule has 4 heteroatoms. The fourth-order valence-electron chi connectivity index (χ4n) is 2.03. The third-order valence-corrected chi connectivity index (χ3v) is 3.31. The molecule has 1 unspecified atom stereocenters. The first-order valence-corrected chi connectivity index (χ1v) is 6.53. The van der Waals surface area contributed by atoms with E-state index >= 15 is 0 Å². The molecule has 0 radical (unpaired) electrons. The highest BCUT2D eigenvalue weighted by Crippen LogP contribution is 2.18. The lowest BCUT2D eigenvalue weighted by atomic mass is 10.0. The van der Waals surface area contributed by atoms with Crippen molar-refractivity contribution in [2.24, 2.45) is 5.73 Å². The van der Waals surface area contributed by atoms with E-state index in [1.54, 1.807) is 19.5 Å². The highest BCUT2D eigenvalue weighted by molar-refractivity contribution is 6.31. The minimum atomic E-state index is 0.0204. The second kappa shape index (κ2) is 6.55. The molecule has 0 fully saturated rings. The van der Waals surface area contributed by atoms with Crippen LogP contribution in [0.3, 0.4) is 0 Å². The van der Waals surface area contributed by atoms with Crippen LogP contribution in [0, 0.1) is 0 Å². The number of pyridine rings is 1. The number of rotatable bonds is 5. The summed E-state index contributed by atoms with van der Waals surface area (Å²) in [5.74, 6) is 0.853. The van der Waals surface area contributed by atoms with Gasteiger partial charge in [-0.2, -0.15) is 0 Å². The second-order valence-electron chi connectivity index (χ2n) is 4.49. The summed E-state index contributed by atoms with van der Waals surface area (Å²) >= 11 is 6.08. The monoisotopic (exact) mass is 276 g/mol. The molecule has 0 saturated heterocycles. The molecule has 1 atom stereocenters. The molecule has 19 heavy (non-hydrogen) atoms. The Labute approximate surface area is 118 Å². The molecule has 0 spiro atoms. The number of halogens is 1.